The van der Waals surface area contributed by atoms with Gasteiger partial charge >= 0.3 is 17.9 Å². The summed E-state index contributed by atoms with van der Waals surface area (Å²) < 4.78 is 9.17. The number of anilines is 2. The van der Waals surface area contributed by atoms with E-state index in [0.717, 1.165) is 10.9 Å². The van der Waals surface area contributed by atoms with Gasteiger partial charge in [-0.3, -0.25) is 5.10 Å². The number of carboxylic acids is 1. The maximum Gasteiger partial charge on any atom is 0.340 e. The van der Waals surface area contributed by atoms with Gasteiger partial charge in [0.1, 0.15) is 0 Å². The molecule has 0 amide bonds. The molecule has 0 saturated heterocycles. The third-order valence-corrected chi connectivity index (χ3v) is 5.91. The van der Waals surface area contributed by atoms with Crippen molar-refractivity contribution in [2.45, 2.75) is 13.8 Å². The summed E-state index contributed by atoms with van der Waals surface area (Å²) in [6, 6.07) is 9.44. The molecule has 10 nitrogen and oxygen atoms in total. The van der Waals surface area contributed by atoms with Gasteiger partial charge in [0.2, 0.25) is 0 Å². The Kier molecular flexibility index (Phi) is 11.0. The van der Waals surface area contributed by atoms with Gasteiger partial charge in [-0.05, 0) is 61.4 Å². The van der Waals surface area contributed by atoms with Crippen LogP contribution < -0.4 is 11.5 Å². The van der Waals surface area contributed by atoms with E-state index in [9.17, 15) is 14.4 Å². The number of hydrogen-bond donors (Lipinski definition) is 4. The zero-order valence-corrected chi connectivity index (χ0v) is 23.5. The van der Waals surface area contributed by atoms with Crippen LogP contribution in [0, 0.1) is 13.8 Å². The number of ether oxygens (including phenoxy) is 2. The largest absolute Gasteiger partial charge is 0.478 e. The number of H-pyrrole nitrogens is 1. The van der Waals surface area contributed by atoms with Crippen molar-refractivity contribution in [1.29, 1.82) is 0 Å². The lowest BCUT2D eigenvalue weighted by Gasteiger charge is -2.06. The molecule has 3 aromatic carbocycles. The number of nitrogens with one attached hydrogen (secondary N) is 1. The molecular formula is C26H25Cl3N4O6. The molecule has 0 spiro atoms. The molecule has 13 heteroatoms. The van der Waals surface area contributed by atoms with Crippen molar-refractivity contribution in [3.8, 4) is 0 Å². The molecule has 0 radical (unpaired) electrons. The average molecular weight is 596 g/mol. The number of halogens is 3. The van der Waals surface area contributed by atoms with Crippen LogP contribution in [0.15, 0.2) is 42.6 Å². The summed E-state index contributed by atoms with van der Waals surface area (Å²) in [7, 11) is 2.63. The number of fused-ring (bicyclic) bond motifs is 1. The first kappa shape index (κ1) is 31.2. The molecule has 1 heterocycles. The summed E-state index contributed by atoms with van der Waals surface area (Å²) in [5.74, 6) is -1.96. The lowest BCUT2D eigenvalue weighted by atomic mass is 10.1. The van der Waals surface area contributed by atoms with Gasteiger partial charge in [-0.2, -0.15) is 5.10 Å². The fourth-order valence-corrected chi connectivity index (χ4v) is 4.03. The van der Waals surface area contributed by atoms with E-state index in [1.165, 1.54) is 26.4 Å². The summed E-state index contributed by atoms with van der Waals surface area (Å²) in [4.78, 5) is 33.1. The molecule has 6 N–H and O–H groups in total. The number of methoxy groups -OCH3 is 2. The molecule has 4 aromatic rings. The van der Waals surface area contributed by atoms with E-state index in [1.54, 1.807) is 44.3 Å². The van der Waals surface area contributed by atoms with Crippen LogP contribution in [0.25, 0.3) is 10.9 Å². The zero-order chi connectivity index (χ0) is 29.4. The highest BCUT2D eigenvalue weighted by molar-refractivity contribution is 6.32. The van der Waals surface area contributed by atoms with Crippen LogP contribution in [0.3, 0.4) is 0 Å². The van der Waals surface area contributed by atoms with Crippen molar-refractivity contribution < 1.29 is 29.0 Å². The molecule has 0 unspecified atom stereocenters. The highest BCUT2D eigenvalue weighted by atomic mass is 35.5. The molecule has 1 aromatic heterocycles. The normalized spacial score (nSPS) is 10.0. The topological polar surface area (TPSA) is 171 Å². The Morgan fingerprint density at radius 3 is 1.72 bits per heavy atom. The van der Waals surface area contributed by atoms with Gasteiger partial charge in [0.15, 0.2) is 0 Å². The number of nitrogens with two attached hydrogens (primary N) is 2. The molecule has 0 bridgehead atoms. The standard InChI is InChI=1S/C9H7ClN2O2.C9H10ClNO2.C8H8ClNO2/c1-14-9(13)7-3-6(10)2-5-4-11-12-8(5)7;1-5-3-6(10)4-7(8(5)11)9(12)13-2;1-4-2-5(9)3-6(7(4)10)8(11)12/h2-4H,1H3,(H,11,12);3-4H,11H2,1-2H3;2-3H,10H2,1H3,(H,11,12). The van der Waals surface area contributed by atoms with Crippen LogP contribution in [-0.2, 0) is 9.47 Å². The van der Waals surface area contributed by atoms with E-state index >= 15 is 0 Å². The Bertz CT molecular complexity index is 1540. The minimum absolute atomic E-state index is 0.0556. The molecular weight excluding hydrogens is 571 g/mol. The highest BCUT2D eigenvalue weighted by Crippen LogP contribution is 2.24. The first-order valence-corrected chi connectivity index (χ1v) is 12.1. The quantitative estimate of drug-likeness (QED) is 0.165. The maximum atomic E-state index is 11.3. The van der Waals surface area contributed by atoms with E-state index in [0.29, 0.717) is 43.0 Å². The van der Waals surface area contributed by atoms with E-state index in [-0.39, 0.29) is 11.3 Å². The van der Waals surface area contributed by atoms with Crippen LogP contribution in [0.4, 0.5) is 11.4 Å². The lowest BCUT2D eigenvalue weighted by molar-refractivity contribution is 0.0593. The zero-order valence-electron chi connectivity index (χ0n) is 21.3. The molecule has 0 aliphatic heterocycles. The fourth-order valence-electron chi connectivity index (χ4n) is 3.26. The Hall–Kier alpha value is -3.99. The third-order valence-electron chi connectivity index (χ3n) is 5.26. The van der Waals surface area contributed by atoms with Crippen molar-refractivity contribution >= 4 is 75.0 Å². The number of nitrogens with zero attached hydrogens (tertiary/aromatic N) is 1. The van der Waals surface area contributed by atoms with E-state index < -0.39 is 17.9 Å². The summed E-state index contributed by atoms with van der Waals surface area (Å²) in [5, 5.41) is 17.4. The minimum Gasteiger partial charge on any atom is -0.478 e. The Morgan fingerprint density at radius 2 is 1.21 bits per heavy atom. The summed E-state index contributed by atoms with van der Waals surface area (Å²) in [5.41, 5.74) is 14.7. The van der Waals surface area contributed by atoms with Gasteiger partial charge in [-0.15, -0.1) is 0 Å². The maximum absolute atomic E-state index is 11.3. The summed E-state index contributed by atoms with van der Waals surface area (Å²) in [6.45, 7) is 3.50. The second-order valence-electron chi connectivity index (χ2n) is 7.94. The van der Waals surface area contributed by atoms with Crippen LogP contribution in [-0.4, -0.2) is 47.4 Å². The summed E-state index contributed by atoms with van der Waals surface area (Å²) >= 11 is 17.2. The smallest absolute Gasteiger partial charge is 0.340 e. The number of carbonyl (C=O) groups excluding carboxylic acids is 2. The van der Waals surface area contributed by atoms with Gasteiger partial charge in [-0.25, -0.2) is 14.4 Å². The van der Waals surface area contributed by atoms with Crippen molar-refractivity contribution in [1.82, 2.24) is 10.2 Å². The van der Waals surface area contributed by atoms with Gasteiger partial charge in [0, 0.05) is 31.8 Å². The van der Waals surface area contributed by atoms with E-state index in [4.69, 9.17) is 51.4 Å². The van der Waals surface area contributed by atoms with Crippen molar-refractivity contribution in [2.75, 3.05) is 25.7 Å². The number of esters is 2. The highest BCUT2D eigenvalue weighted by Gasteiger charge is 2.14. The number of aromatic carboxylic acids is 1. The van der Waals surface area contributed by atoms with Crippen LogP contribution in [0.5, 0.6) is 0 Å². The van der Waals surface area contributed by atoms with Crippen LogP contribution in [0.2, 0.25) is 15.1 Å². The van der Waals surface area contributed by atoms with Crippen LogP contribution >= 0.6 is 34.8 Å². The van der Waals surface area contributed by atoms with Crippen molar-refractivity contribution in [3.05, 3.63) is 85.5 Å². The number of benzene rings is 3. The molecule has 39 heavy (non-hydrogen) atoms. The van der Waals surface area contributed by atoms with Crippen molar-refractivity contribution in [2.24, 2.45) is 0 Å². The molecule has 0 atom stereocenters. The number of carboxylic acid groups (broad SMARTS) is 1. The molecule has 0 aliphatic rings. The fraction of sp³-hybridized carbons (Fsp3) is 0.154. The van der Waals surface area contributed by atoms with Gasteiger partial charge in [0.25, 0.3) is 0 Å². The number of rotatable bonds is 3. The number of aromatic nitrogens is 2. The Morgan fingerprint density at radius 1 is 0.769 bits per heavy atom. The number of nitrogen functional groups attached to an aromatic ring is 2. The predicted molar refractivity (Wildman–Crippen MR) is 152 cm³/mol. The van der Waals surface area contributed by atoms with E-state index in [2.05, 4.69) is 19.7 Å². The van der Waals surface area contributed by atoms with Crippen molar-refractivity contribution in [3.63, 3.8) is 0 Å². The SMILES string of the molecule is COC(=O)c1cc(Cl)cc(C)c1N.COC(=O)c1cc(Cl)cc2cn[nH]c12.Cc1cc(Cl)cc(C(=O)O)c1N. The Balaban J connectivity index is 0.000000206. The van der Waals surface area contributed by atoms with Crippen LogP contribution in [0.1, 0.15) is 42.2 Å². The summed E-state index contributed by atoms with van der Waals surface area (Å²) in [6.07, 6.45) is 1.60. The van der Waals surface area contributed by atoms with E-state index in [1.807, 2.05) is 0 Å². The number of hydrogen-bond acceptors (Lipinski definition) is 8. The second kappa shape index (κ2) is 13.7. The average Bonchev–Trinajstić information content (AvgIpc) is 3.36. The molecule has 0 saturated carbocycles. The monoisotopic (exact) mass is 594 g/mol. The number of carbonyl (C=O) groups is 3. The third kappa shape index (κ3) is 8.00. The molecule has 206 valence electrons. The minimum atomic E-state index is -1.06. The molecule has 0 aliphatic carbocycles. The number of aromatic amines is 1. The molecule has 0 fully saturated rings. The first-order chi connectivity index (χ1) is 18.3. The predicted octanol–water partition coefficient (Wildman–Crippen LogP) is 5.95. The van der Waals surface area contributed by atoms with Gasteiger partial charge < -0.3 is 26.0 Å². The van der Waals surface area contributed by atoms with Gasteiger partial charge in [-0.1, -0.05) is 34.8 Å². The lowest BCUT2D eigenvalue weighted by Crippen LogP contribution is -2.06. The first-order valence-electron chi connectivity index (χ1n) is 10.9. The second-order valence-corrected chi connectivity index (χ2v) is 9.25. The molecule has 4 rings (SSSR count). The van der Waals surface area contributed by atoms with Gasteiger partial charge in [0.05, 0.1) is 42.6 Å². The Labute approximate surface area is 238 Å². The number of aryl methyl sites for hydroxylation is 2.